The molecule has 1 aromatic heterocycles. The van der Waals surface area contributed by atoms with E-state index in [0.29, 0.717) is 6.54 Å². The minimum Gasteiger partial charge on any atom is -0.352 e. The van der Waals surface area contributed by atoms with Crippen LogP contribution in [0.25, 0.3) is 0 Å². The summed E-state index contributed by atoms with van der Waals surface area (Å²) in [6.07, 6.45) is 3.76. The first kappa shape index (κ1) is 18.6. The van der Waals surface area contributed by atoms with Crippen molar-refractivity contribution in [1.82, 2.24) is 20.5 Å². The van der Waals surface area contributed by atoms with Gasteiger partial charge >= 0.3 is 6.03 Å². The molecule has 2 atom stereocenters. The molecular formula is C20H22N4O3. The number of nitrogens with one attached hydrogen (secondary N) is 2. The number of aromatic nitrogens is 1. The number of amides is 4. The van der Waals surface area contributed by atoms with Crippen LogP contribution < -0.4 is 10.6 Å². The first-order chi connectivity index (χ1) is 13.1. The zero-order chi connectivity index (χ0) is 19.2. The Kier molecular flexibility index (Phi) is 5.80. The van der Waals surface area contributed by atoms with Gasteiger partial charge in [0.25, 0.3) is 5.91 Å². The van der Waals surface area contributed by atoms with Gasteiger partial charge in [0.05, 0.1) is 6.04 Å². The number of carbonyl (C=O) groups is 3. The summed E-state index contributed by atoms with van der Waals surface area (Å²) in [6, 6.07) is 11.6. The highest BCUT2D eigenvalue weighted by molar-refractivity contribution is 6.04. The van der Waals surface area contributed by atoms with E-state index in [2.05, 4.69) is 15.6 Å². The number of urea groups is 1. The van der Waals surface area contributed by atoms with Crippen LogP contribution in [-0.2, 0) is 16.1 Å². The van der Waals surface area contributed by atoms with Crippen LogP contribution in [0, 0.1) is 0 Å². The number of carbonyl (C=O) groups excluding carboxylic acids is 3. The maximum atomic E-state index is 12.6. The Morgan fingerprint density at radius 1 is 1.19 bits per heavy atom. The predicted molar refractivity (Wildman–Crippen MR) is 99.3 cm³/mol. The first-order valence-corrected chi connectivity index (χ1v) is 8.90. The average Bonchev–Trinajstić information content (AvgIpc) is 2.99. The van der Waals surface area contributed by atoms with Gasteiger partial charge in [0.15, 0.2) is 0 Å². The van der Waals surface area contributed by atoms with Crippen molar-refractivity contribution >= 4 is 17.8 Å². The van der Waals surface area contributed by atoms with Gasteiger partial charge in [-0.3, -0.25) is 19.5 Å². The lowest BCUT2D eigenvalue weighted by Gasteiger charge is -2.21. The molecule has 3 rings (SSSR count). The molecule has 7 heteroatoms. The lowest BCUT2D eigenvalue weighted by Crippen LogP contribution is -2.34. The van der Waals surface area contributed by atoms with Gasteiger partial charge in [0, 0.05) is 25.4 Å². The van der Waals surface area contributed by atoms with Crippen LogP contribution in [0.2, 0.25) is 0 Å². The second-order valence-electron chi connectivity index (χ2n) is 6.47. The Morgan fingerprint density at radius 3 is 2.59 bits per heavy atom. The third kappa shape index (κ3) is 4.49. The molecule has 2 aromatic rings. The zero-order valence-electron chi connectivity index (χ0n) is 15.1. The van der Waals surface area contributed by atoms with Crippen LogP contribution in [0.1, 0.15) is 36.9 Å². The fraction of sp³-hybridized carbons (Fsp3) is 0.300. The van der Waals surface area contributed by atoms with Gasteiger partial charge < -0.3 is 10.6 Å². The summed E-state index contributed by atoms with van der Waals surface area (Å²) >= 11 is 0. The monoisotopic (exact) mass is 366 g/mol. The number of nitrogens with zero attached hydrogens (tertiary/aromatic N) is 2. The van der Waals surface area contributed by atoms with Gasteiger partial charge in [0.1, 0.15) is 6.04 Å². The molecule has 0 aliphatic carbocycles. The van der Waals surface area contributed by atoms with E-state index >= 15 is 0 Å². The molecule has 27 heavy (non-hydrogen) atoms. The second kappa shape index (κ2) is 8.44. The van der Waals surface area contributed by atoms with Crippen molar-refractivity contribution < 1.29 is 14.4 Å². The molecule has 4 amide bonds. The lowest BCUT2D eigenvalue weighted by molar-refractivity contribution is -0.129. The van der Waals surface area contributed by atoms with Gasteiger partial charge in [-0.15, -0.1) is 0 Å². The smallest absolute Gasteiger partial charge is 0.325 e. The Bertz CT molecular complexity index is 810. The topological polar surface area (TPSA) is 91.4 Å². The Hall–Kier alpha value is -3.22. The molecule has 2 heterocycles. The molecule has 0 bridgehead atoms. The third-order valence-electron chi connectivity index (χ3n) is 4.62. The Morgan fingerprint density at radius 2 is 1.89 bits per heavy atom. The molecule has 0 unspecified atom stereocenters. The predicted octanol–water partition coefficient (Wildman–Crippen LogP) is 2.16. The molecule has 0 radical (unpaired) electrons. The molecule has 1 saturated heterocycles. The maximum absolute atomic E-state index is 12.6. The normalized spacial score (nSPS) is 17.5. The molecule has 1 fully saturated rings. The number of rotatable bonds is 7. The summed E-state index contributed by atoms with van der Waals surface area (Å²) < 4.78 is 0. The summed E-state index contributed by atoms with van der Waals surface area (Å²) in [7, 11) is 0. The lowest BCUT2D eigenvalue weighted by atomic mass is 10.1. The molecular weight excluding hydrogens is 344 g/mol. The van der Waals surface area contributed by atoms with Crippen LogP contribution in [-0.4, -0.2) is 33.8 Å². The largest absolute Gasteiger partial charge is 0.352 e. The zero-order valence-corrected chi connectivity index (χ0v) is 15.1. The average molecular weight is 366 g/mol. The fourth-order valence-electron chi connectivity index (χ4n) is 3.06. The van der Waals surface area contributed by atoms with Crippen LogP contribution in [0.15, 0.2) is 54.9 Å². The Balaban J connectivity index is 1.52. The molecule has 0 saturated carbocycles. The second-order valence-corrected chi connectivity index (χ2v) is 6.47. The van der Waals surface area contributed by atoms with Gasteiger partial charge in [-0.1, -0.05) is 30.3 Å². The highest BCUT2D eigenvalue weighted by atomic mass is 16.2. The molecule has 1 aliphatic heterocycles. The summed E-state index contributed by atoms with van der Waals surface area (Å²) in [6.45, 7) is 2.22. The van der Waals surface area contributed by atoms with Crippen molar-refractivity contribution in [3.05, 3.63) is 66.0 Å². The maximum Gasteiger partial charge on any atom is 0.325 e. The van der Waals surface area contributed by atoms with Crippen LogP contribution in [0.3, 0.4) is 0 Å². The van der Waals surface area contributed by atoms with E-state index in [1.165, 1.54) is 4.90 Å². The number of hydrogen-bond donors (Lipinski definition) is 2. The van der Waals surface area contributed by atoms with Crippen LogP contribution in [0.5, 0.6) is 0 Å². The summed E-state index contributed by atoms with van der Waals surface area (Å²) in [5, 5.41) is 5.49. The summed E-state index contributed by atoms with van der Waals surface area (Å²) in [4.78, 5) is 42.1. The van der Waals surface area contributed by atoms with E-state index in [9.17, 15) is 14.4 Å². The highest BCUT2D eigenvalue weighted by Crippen LogP contribution is 2.25. The molecule has 140 valence electrons. The SMILES string of the molecule is C[C@@H](c1ccccc1)N1C(=O)N[C@H](CCC(=O)NCc2ccncc2)C1=O. The number of benzene rings is 1. The molecule has 1 aliphatic rings. The standard InChI is InChI=1S/C20H22N4O3/c1-14(16-5-3-2-4-6-16)24-19(26)17(23-20(24)27)7-8-18(25)22-13-15-9-11-21-12-10-15/h2-6,9-12,14,17H,7-8,13H2,1H3,(H,22,25)(H,23,27)/t14-,17+/m0/s1. The van der Waals surface area contributed by atoms with Gasteiger partial charge in [-0.25, -0.2) is 4.79 Å². The van der Waals surface area contributed by atoms with Crippen LogP contribution in [0.4, 0.5) is 4.79 Å². The van der Waals surface area contributed by atoms with E-state index < -0.39 is 12.1 Å². The van der Waals surface area contributed by atoms with Gasteiger partial charge in [-0.05, 0) is 36.6 Å². The van der Waals surface area contributed by atoms with Crippen molar-refractivity contribution in [3.63, 3.8) is 0 Å². The van der Waals surface area contributed by atoms with Crippen molar-refractivity contribution in [2.45, 2.75) is 38.4 Å². The highest BCUT2D eigenvalue weighted by Gasteiger charge is 2.40. The molecule has 1 aromatic carbocycles. The van der Waals surface area contributed by atoms with Crippen molar-refractivity contribution in [1.29, 1.82) is 0 Å². The minimum atomic E-state index is -0.671. The van der Waals surface area contributed by atoms with Crippen molar-refractivity contribution in [2.75, 3.05) is 0 Å². The molecule has 0 spiro atoms. The molecule has 7 nitrogen and oxygen atoms in total. The number of hydrogen-bond acceptors (Lipinski definition) is 4. The number of pyridine rings is 1. The van der Waals surface area contributed by atoms with E-state index in [1.54, 1.807) is 12.4 Å². The van der Waals surface area contributed by atoms with Gasteiger partial charge in [0.2, 0.25) is 5.91 Å². The minimum absolute atomic E-state index is 0.162. The van der Waals surface area contributed by atoms with Crippen molar-refractivity contribution in [3.8, 4) is 0 Å². The Labute approximate surface area is 157 Å². The van der Waals surface area contributed by atoms with Crippen LogP contribution >= 0.6 is 0 Å². The van der Waals surface area contributed by atoms with E-state index in [0.717, 1.165) is 11.1 Å². The summed E-state index contributed by atoms with van der Waals surface area (Å²) in [5.74, 6) is -0.457. The quantitative estimate of drug-likeness (QED) is 0.735. The fourth-order valence-corrected chi connectivity index (χ4v) is 3.06. The summed E-state index contributed by atoms with van der Waals surface area (Å²) in [5.41, 5.74) is 1.84. The molecule has 2 N–H and O–H groups in total. The van der Waals surface area contributed by atoms with E-state index in [-0.39, 0.29) is 30.7 Å². The number of imide groups is 1. The van der Waals surface area contributed by atoms with E-state index in [1.807, 2.05) is 49.4 Å². The third-order valence-corrected chi connectivity index (χ3v) is 4.62. The van der Waals surface area contributed by atoms with E-state index in [4.69, 9.17) is 0 Å². The van der Waals surface area contributed by atoms with Gasteiger partial charge in [-0.2, -0.15) is 0 Å². The first-order valence-electron chi connectivity index (χ1n) is 8.90. The van der Waals surface area contributed by atoms with Crippen molar-refractivity contribution in [2.24, 2.45) is 0 Å².